The van der Waals surface area contributed by atoms with Crippen LogP contribution in [0.2, 0.25) is 0 Å². The van der Waals surface area contributed by atoms with E-state index in [0.717, 1.165) is 0 Å². The molecule has 8 heteroatoms. The van der Waals surface area contributed by atoms with E-state index < -0.39 is 11.9 Å². The lowest BCUT2D eigenvalue weighted by Crippen LogP contribution is -2.46. The van der Waals surface area contributed by atoms with E-state index in [1.54, 1.807) is 36.4 Å². The zero-order valence-corrected chi connectivity index (χ0v) is 15.2. The van der Waals surface area contributed by atoms with Crippen molar-refractivity contribution in [1.82, 2.24) is 10.3 Å². The Hall–Kier alpha value is -3.26. The first-order chi connectivity index (χ1) is 12.9. The molecular formula is C19H23N5O3. The van der Waals surface area contributed by atoms with Crippen LogP contribution in [-0.4, -0.2) is 35.3 Å². The molecule has 0 radical (unpaired) electrons. The Bertz CT molecular complexity index is 791. The van der Waals surface area contributed by atoms with Crippen molar-refractivity contribution in [3.8, 4) is 0 Å². The van der Waals surface area contributed by atoms with Crippen LogP contribution in [0.3, 0.4) is 0 Å². The first-order valence-corrected chi connectivity index (χ1v) is 8.52. The smallest absolute Gasteiger partial charge is 0.256 e. The number of hydrogen-bond acceptors (Lipinski definition) is 5. The number of anilines is 2. The van der Waals surface area contributed by atoms with Gasteiger partial charge in [0.2, 0.25) is 11.8 Å². The van der Waals surface area contributed by atoms with Gasteiger partial charge < -0.3 is 21.7 Å². The molecule has 2 rings (SSSR count). The van der Waals surface area contributed by atoms with Crippen LogP contribution in [0.5, 0.6) is 0 Å². The molecule has 1 atom stereocenters. The van der Waals surface area contributed by atoms with Crippen LogP contribution in [0.15, 0.2) is 48.7 Å². The fourth-order valence-electron chi connectivity index (χ4n) is 2.11. The lowest BCUT2D eigenvalue weighted by molar-refractivity contribution is -0.125. The monoisotopic (exact) mass is 369 g/mol. The summed E-state index contributed by atoms with van der Waals surface area (Å²) >= 11 is 0. The van der Waals surface area contributed by atoms with E-state index in [0.29, 0.717) is 17.1 Å². The number of hydrogen-bond donors (Lipinski definition) is 4. The van der Waals surface area contributed by atoms with Gasteiger partial charge in [0.15, 0.2) is 0 Å². The quantitative estimate of drug-likeness (QED) is 0.586. The Labute approximate surface area is 157 Å². The number of nitrogens with one attached hydrogen (secondary N) is 3. The SMILES string of the molecule is CC(C)[C@H](N)C(=O)NCC(=O)Nc1ccc(NC(=O)c2ccccc2)nc1. The summed E-state index contributed by atoms with van der Waals surface area (Å²) in [6.45, 7) is 3.47. The van der Waals surface area contributed by atoms with Crippen LogP contribution in [0.4, 0.5) is 11.5 Å². The number of pyridine rings is 1. The molecule has 27 heavy (non-hydrogen) atoms. The van der Waals surface area contributed by atoms with Crippen molar-refractivity contribution >= 4 is 29.2 Å². The molecule has 1 aromatic heterocycles. The van der Waals surface area contributed by atoms with Gasteiger partial charge in [-0.25, -0.2) is 4.98 Å². The van der Waals surface area contributed by atoms with E-state index in [9.17, 15) is 14.4 Å². The second-order valence-corrected chi connectivity index (χ2v) is 6.29. The minimum absolute atomic E-state index is 0.0177. The largest absolute Gasteiger partial charge is 0.346 e. The van der Waals surface area contributed by atoms with E-state index in [4.69, 9.17) is 5.73 Å². The average molecular weight is 369 g/mol. The molecule has 2 aromatic rings. The fourth-order valence-corrected chi connectivity index (χ4v) is 2.11. The van der Waals surface area contributed by atoms with Gasteiger partial charge in [0.05, 0.1) is 24.5 Å². The van der Waals surface area contributed by atoms with Crippen LogP contribution in [0.25, 0.3) is 0 Å². The van der Waals surface area contributed by atoms with Crippen LogP contribution in [0.1, 0.15) is 24.2 Å². The number of benzene rings is 1. The first-order valence-electron chi connectivity index (χ1n) is 8.52. The molecule has 0 saturated heterocycles. The molecule has 1 heterocycles. The maximum absolute atomic E-state index is 12.1. The predicted molar refractivity (Wildman–Crippen MR) is 103 cm³/mol. The lowest BCUT2D eigenvalue weighted by atomic mass is 10.1. The third-order valence-corrected chi connectivity index (χ3v) is 3.77. The standard InChI is InChI=1S/C19H23N5O3/c1-12(2)17(20)19(27)22-11-16(25)23-14-8-9-15(21-10-14)24-18(26)13-6-4-3-5-7-13/h3-10,12,17H,11,20H2,1-2H3,(H,22,27)(H,23,25)(H,21,24,26)/t17-/m0/s1. The van der Waals surface area contributed by atoms with Gasteiger partial charge in [0, 0.05) is 5.56 Å². The third-order valence-electron chi connectivity index (χ3n) is 3.77. The number of nitrogens with two attached hydrogens (primary N) is 1. The molecule has 0 fully saturated rings. The molecule has 0 unspecified atom stereocenters. The number of carbonyl (C=O) groups excluding carboxylic acids is 3. The van der Waals surface area contributed by atoms with Gasteiger partial charge in [0.25, 0.3) is 5.91 Å². The summed E-state index contributed by atoms with van der Waals surface area (Å²) < 4.78 is 0. The number of aromatic nitrogens is 1. The van der Waals surface area contributed by atoms with Crippen molar-refractivity contribution in [2.24, 2.45) is 11.7 Å². The lowest BCUT2D eigenvalue weighted by Gasteiger charge is -2.15. The van der Waals surface area contributed by atoms with Gasteiger partial charge in [-0.2, -0.15) is 0 Å². The molecular weight excluding hydrogens is 346 g/mol. The summed E-state index contributed by atoms with van der Waals surface area (Å²) in [6, 6.07) is 11.3. The van der Waals surface area contributed by atoms with Crippen LogP contribution < -0.4 is 21.7 Å². The highest BCUT2D eigenvalue weighted by molar-refractivity contribution is 6.03. The summed E-state index contributed by atoms with van der Waals surface area (Å²) in [4.78, 5) is 39.8. The van der Waals surface area contributed by atoms with Crippen molar-refractivity contribution in [2.75, 3.05) is 17.2 Å². The molecule has 1 aromatic carbocycles. The third kappa shape index (κ3) is 6.19. The minimum atomic E-state index is -0.660. The highest BCUT2D eigenvalue weighted by atomic mass is 16.2. The van der Waals surface area contributed by atoms with E-state index in [2.05, 4.69) is 20.9 Å². The maximum Gasteiger partial charge on any atom is 0.256 e. The summed E-state index contributed by atoms with van der Waals surface area (Å²) in [5.74, 6) is -0.711. The topological polar surface area (TPSA) is 126 Å². The van der Waals surface area contributed by atoms with Gasteiger partial charge in [-0.3, -0.25) is 14.4 Å². The van der Waals surface area contributed by atoms with E-state index in [1.807, 2.05) is 19.9 Å². The van der Waals surface area contributed by atoms with Crippen LogP contribution in [0, 0.1) is 5.92 Å². The van der Waals surface area contributed by atoms with Crippen LogP contribution in [-0.2, 0) is 9.59 Å². The normalized spacial score (nSPS) is 11.6. The molecule has 0 aliphatic rings. The molecule has 8 nitrogen and oxygen atoms in total. The van der Waals surface area contributed by atoms with Crippen LogP contribution >= 0.6 is 0 Å². The Kier molecular flexibility index (Phi) is 7.01. The van der Waals surface area contributed by atoms with Gasteiger partial charge in [-0.1, -0.05) is 32.0 Å². The zero-order chi connectivity index (χ0) is 19.8. The molecule has 3 amide bonds. The second kappa shape index (κ2) is 9.44. The summed E-state index contributed by atoms with van der Waals surface area (Å²) in [7, 11) is 0. The van der Waals surface area contributed by atoms with E-state index >= 15 is 0 Å². The second-order valence-electron chi connectivity index (χ2n) is 6.29. The van der Waals surface area contributed by atoms with Crippen molar-refractivity contribution in [3.63, 3.8) is 0 Å². The highest BCUT2D eigenvalue weighted by Crippen LogP contribution is 2.11. The van der Waals surface area contributed by atoms with Crippen molar-refractivity contribution in [3.05, 3.63) is 54.2 Å². The molecule has 142 valence electrons. The number of rotatable bonds is 7. The molecule has 0 spiro atoms. The van der Waals surface area contributed by atoms with E-state index in [-0.39, 0.29) is 24.3 Å². The Morgan fingerprint density at radius 1 is 1.04 bits per heavy atom. The fraction of sp³-hybridized carbons (Fsp3) is 0.263. The molecule has 0 saturated carbocycles. The molecule has 0 aliphatic carbocycles. The van der Waals surface area contributed by atoms with E-state index in [1.165, 1.54) is 6.20 Å². The summed E-state index contributed by atoms with van der Waals surface area (Å²) in [6.07, 6.45) is 1.42. The Morgan fingerprint density at radius 2 is 1.74 bits per heavy atom. The zero-order valence-electron chi connectivity index (χ0n) is 15.2. The maximum atomic E-state index is 12.1. The van der Waals surface area contributed by atoms with Gasteiger partial charge in [-0.05, 0) is 30.2 Å². The first kappa shape index (κ1) is 20.1. The minimum Gasteiger partial charge on any atom is -0.346 e. The van der Waals surface area contributed by atoms with Crippen molar-refractivity contribution in [2.45, 2.75) is 19.9 Å². The van der Waals surface area contributed by atoms with Crippen molar-refractivity contribution in [1.29, 1.82) is 0 Å². The molecule has 0 aliphatic heterocycles. The molecule has 5 N–H and O–H groups in total. The van der Waals surface area contributed by atoms with Crippen molar-refractivity contribution < 1.29 is 14.4 Å². The van der Waals surface area contributed by atoms with Gasteiger partial charge in [-0.15, -0.1) is 0 Å². The van der Waals surface area contributed by atoms with Gasteiger partial charge >= 0.3 is 0 Å². The Morgan fingerprint density at radius 3 is 2.33 bits per heavy atom. The predicted octanol–water partition coefficient (Wildman–Crippen LogP) is 1.37. The number of nitrogens with zero attached hydrogens (tertiary/aromatic N) is 1. The average Bonchev–Trinajstić information content (AvgIpc) is 2.67. The Balaban J connectivity index is 1.84. The molecule has 0 bridgehead atoms. The summed E-state index contributed by atoms with van der Waals surface area (Å²) in [5, 5.41) is 7.76. The highest BCUT2D eigenvalue weighted by Gasteiger charge is 2.17. The van der Waals surface area contributed by atoms with Gasteiger partial charge in [0.1, 0.15) is 5.82 Å². The summed E-state index contributed by atoms with van der Waals surface area (Å²) in [5.41, 5.74) is 6.67. The number of carbonyl (C=O) groups is 3. The number of amides is 3.